The predicted molar refractivity (Wildman–Crippen MR) is 93.4 cm³/mol. The summed E-state index contributed by atoms with van der Waals surface area (Å²) in [5.74, 6) is 0. The second-order valence-corrected chi connectivity index (χ2v) is 6.83. The van der Waals surface area contributed by atoms with Gasteiger partial charge in [-0.05, 0) is 35.6 Å². The van der Waals surface area contributed by atoms with Crippen molar-refractivity contribution in [1.29, 1.82) is 0 Å². The van der Waals surface area contributed by atoms with E-state index in [1.807, 2.05) is 31.2 Å². The highest BCUT2D eigenvalue weighted by Crippen LogP contribution is 2.27. The molecular formula is C20H21NO. The fraction of sp³-hybridized carbons (Fsp3) is 0.250. The lowest BCUT2D eigenvalue weighted by molar-refractivity contribution is 0.590. The van der Waals surface area contributed by atoms with E-state index in [1.165, 1.54) is 5.56 Å². The summed E-state index contributed by atoms with van der Waals surface area (Å²) in [5.41, 5.74) is 5.12. The molecule has 0 spiro atoms. The van der Waals surface area contributed by atoms with Crippen molar-refractivity contribution in [2.24, 2.45) is 0 Å². The van der Waals surface area contributed by atoms with Crippen LogP contribution >= 0.6 is 0 Å². The predicted octanol–water partition coefficient (Wildman–Crippen LogP) is 4.80. The van der Waals surface area contributed by atoms with Gasteiger partial charge in [-0.3, -0.25) is 4.79 Å². The summed E-state index contributed by atoms with van der Waals surface area (Å²) < 4.78 is 0. The van der Waals surface area contributed by atoms with Crippen molar-refractivity contribution in [2.45, 2.75) is 33.1 Å². The minimum Gasteiger partial charge on any atom is -0.354 e. The molecule has 1 aromatic heterocycles. The highest BCUT2D eigenvalue weighted by atomic mass is 16.1. The quantitative estimate of drug-likeness (QED) is 0.686. The molecule has 1 N–H and O–H groups in total. The minimum atomic E-state index is 0.101. The van der Waals surface area contributed by atoms with Crippen molar-refractivity contribution >= 4 is 10.9 Å². The summed E-state index contributed by atoms with van der Waals surface area (Å²) in [4.78, 5) is 15.9. The molecule has 2 aromatic carbocycles. The third-order valence-electron chi connectivity index (χ3n) is 4.19. The summed E-state index contributed by atoms with van der Waals surface area (Å²) in [5, 5.41) is 0.745. The molecule has 0 aliphatic heterocycles. The summed E-state index contributed by atoms with van der Waals surface area (Å²) >= 11 is 0. The highest BCUT2D eigenvalue weighted by molar-refractivity contribution is 5.83. The number of para-hydroxylation sites is 1. The molecule has 0 radical (unpaired) electrons. The Labute approximate surface area is 130 Å². The second-order valence-electron chi connectivity index (χ2n) is 6.83. The summed E-state index contributed by atoms with van der Waals surface area (Å²) in [6, 6.07) is 16.1. The van der Waals surface area contributed by atoms with Gasteiger partial charge in [0.1, 0.15) is 0 Å². The maximum atomic E-state index is 12.5. The van der Waals surface area contributed by atoms with Crippen LogP contribution in [0.2, 0.25) is 0 Å². The van der Waals surface area contributed by atoms with E-state index in [-0.39, 0.29) is 10.8 Å². The van der Waals surface area contributed by atoms with Crippen LogP contribution in [0.25, 0.3) is 22.2 Å². The molecule has 2 nitrogen and oxygen atoms in total. The van der Waals surface area contributed by atoms with Gasteiger partial charge in [0.2, 0.25) is 0 Å². The van der Waals surface area contributed by atoms with Crippen molar-refractivity contribution in [3.63, 3.8) is 0 Å². The van der Waals surface area contributed by atoms with Crippen molar-refractivity contribution in [1.82, 2.24) is 4.98 Å². The van der Waals surface area contributed by atoms with E-state index in [9.17, 15) is 4.79 Å². The lowest BCUT2D eigenvalue weighted by Gasteiger charge is -2.19. The topological polar surface area (TPSA) is 32.9 Å². The first kappa shape index (κ1) is 14.6. The first-order valence-electron chi connectivity index (χ1n) is 7.60. The van der Waals surface area contributed by atoms with Crippen LogP contribution in [-0.2, 0) is 5.41 Å². The molecule has 22 heavy (non-hydrogen) atoms. The molecule has 0 atom stereocenters. The molecule has 2 heteroatoms. The van der Waals surface area contributed by atoms with E-state index in [2.05, 4.69) is 50.0 Å². The van der Waals surface area contributed by atoms with Gasteiger partial charge in [-0.15, -0.1) is 0 Å². The van der Waals surface area contributed by atoms with Crippen LogP contribution in [0.1, 0.15) is 31.9 Å². The zero-order valence-electron chi connectivity index (χ0n) is 13.5. The van der Waals surface area contributed by atoms with Crippen LogP contribution in [0.3, 0.4) is 0 Å². The molecule has 0 saturated carbocycles. The molecule has 0 unspecified atom stereocenters. The molecule has 0 bridgehead atoms. The smallest absolute Gasteiger partial charge is 0.192 e. The molecule has 0 saturated heterocycles. The van der Waals surface area contributed by atoms with Crippen LogP contribution in [-0.4, -0.2) is 4.98 Å². The lowest BCUT2D eigenvalue weighted by atomic mass is 9.86. The number of benzene rings is 2. The Morgan fingerprint density at radius 2 is 1.55 bits per heavy atom. The third kappa shape index (κ3) is 2.45. The lowest BCUT2D eigenvalue weighted by Crippen LogP contribution is -2.11. The Hall–Kier alpha value is -2.35. The summed E-state index contributed by atoms with van der Waals surface area (Å²) in [7, 11) is 0. The molecule has 0 aliphatic rings. The fourth-order valence-corrected chi connectivity index (χ4v) is 2.76. The van der Waals surface area contributed by atoms with Crippen molar-refractivity contribution in [3.8, 4) is 11.3 Å². The molecule has 3 aromatic rings. The van der Waals surface area contributed by atoms with E-state index >= 15 is 0 Å². The molecule has 1 heterocycles. The van der Waals surface area contributed by atoms with Gasteiger partial charge in [0.15, 0.2) is 5.43 Å². The number of H-pyrrole nitrogens is 1. The molecule has 0 amide bonds. The number of aromatic amines is 1. The Bertz CT molecular complexity index is 880. The van der Waals surface area contributed by atoms with E-state index in [4.69, 9.17) is 0 Å². The van der Waals surface area contributed by atoms with Gasteiger partial charge in [-0.2, -0.15) is 0 Å². The maximum absolute atomic E-state index is 12.5. The van der Waals surface area contributed by atoms with Gasteiger partial charge in [0, 0.05) is 16.5 Å². The fourth-order valence-electron chi connectivity index (χ4n) is 2.76. The van der Waals surface area contributed by atoms with Gasteiger partial charge in [0.05, 0.1) is 5.69 Å². The average molecular weight is 291 g/mol. The molecule has 112 valence electrons. The van der Waals surface area contributed by atoms with Gasteiger partial charge in [-0.25, -0.2) is 0 Å². The monoisotopic (exact) mass is 291 g/mol. The molecular weight excluding hydrogens is 270 g/mol. The summed E-state index contributed by atoms with van der Waals surface area (Å²) in [6.07, 6.45) is 0. The van der Waals surface area contributed by atoms with Crippen molar-refractivity contribution < 1.29 is 0 Å². The van der Waals surface area contributed by atoms with Gasteiger partial charge in [0.25, 0.3) is 0 Å². The average Bonchev–Trinajstić information content (AvgIpc) is 2.50. The summed E-state index contributed by atoms with van der Waals surface area (Å²) in [6.45, 7) is 8.49. The Morgan fingerprint density at radius 1 is 0.909 bits per heavy atom. The minimum absolute atomic E-state index is 0.101. The number of rotatable bonds is 1. The van der Waals surface area contributed by atoms with Crippen LogP contribution in [0.15, 0.2) is 53.3 Å². The van der Waals surface area contributed by atoms with E-state index in [0.717, 1.165) is 27.7 Å². The molecule has 0 fully saturated rings. The number of hydrogen-bond acceptors (Lipinski definition) is 1. The zero-order valence-corrected chi connectivity index (χ0v) is 13.5. The van der Waals surface area contributed by atoms with Crippen LogP contribution in [0.5, 0.6) is 0 Å². The van der Waals surface area contributed by atoms with Crippen LogP contribution in [0, 0.1) is 6.92 Å². The van der Waals surface area contributed by atoms with Crippen molar-refractivity contribution in [3.05, 3.63) is 69.9 Å². The molecule has 0 aliphatic carbocycles. The number of aromatic nitrogens is 1. The van der Waals surface area contributed by atoms with E-state index < -0.39 is 0 Å². The number of fused-ring (bicyclic) bond motifs is 1. The number of nitrogens with one attached hydrogen (secondary N) is 1. The number of hydrogen-bond donors (Lipinski definition) is 1. The van der Waals surface area contributed by atoms with E-state index in [1.54, 1.807) is 0 Å². The molecule has 3 rings (SSSR count). The normalized spacial score (nSPS) is 11.8. The van der Waals surface area contributed by atoms with E-state index in [0.29, 0.717) is 0 Å². The third-order valence-corrected chi connectivity index (χ3v) is 4.19. The number of pyridine rings is 1. The van der Waals surface area contributed by atoms with Gasteiger partial charge >= 0.3 is 0 Å². The second kappa shape index (κ2) is 5.13. The van der Waals surface area contributed by atoms with Gasteiger partial charge in [-0.1, -0.05) is 57.2 Å². The van der Waals surface area contributed by atoms with Crippen LogP contribution < -0.4 is 5.43 Å². The zero-order chi connectivity index (χ0) is 15.9. The largest absolute Gasteiger partial charge is 0.354 e. The van der Waals surface area contributed by atoms with Gasteiger partial charge < -0.3 is 4.98 Å². The first-order chi connectivity index (χ1) is 10.4. The Morgan fingerprint density at radius 3 is 2.18 bits per heavy atom. The Kier molecular flexibility index (Phi) is 3.40. The van der Waals surface area contributed by atoms with Crippen LogP contribution in [0.4, 0.5) is 0 Å². The standard InChI is InChI=1S/C20H21NO/c1-13-18(14-9-11-15(12-10-14)20(2,3)4)21-17-8-6-5-7-16(17)19(13)22/h5-12H,1-4H3,(H,21,22). The first-order valence-corrected chi connectivity index (χ1v) is 7.60. The van der Waals surface area contributed by atoms with Crippen molar-refractivity contribution in [2.75, 3.05) is 0 Å². The Balaban J connectivity index is 2.18. The SMILES string of the molecule is Cc1c(-c2ccc(C(C)(C)C)cc2)[nH]c2ccccc2c1=O. The maximum Gasteiger partial charge on any atom is 0.192 e. The highest BCUT2D eigenvalue weighted by Gasteiger charge is 2.14.